The molecule has 2 aliphatic heterocycles. The van der Waals surface area contributed by atoms with Crippen LogP contribution in [0.2, 0.25) is 0 Å². The zero-order valence-corrected chi connectivity index (χ0v) is 45.8. The molecule has 21 heteroatoms. The van der Waals surface area contributed by atoms with Gasteiger partial charge in [0.05, 0.1) is 58.7 Å². The summed E-state index contributed by atoms with van der Waals surface area (Å²) in [5.74, 6) is -0.779. The second kappa shape index (κ2) is 26.6. The Balaban J connectivity index is 0.000000212. The monoisotopic (exact) mass is 1090 g/mol. The summed E-state index contributed by atoms with van der Waals surface area (Å²) in [6.45, 7) is 10.9. The van der Waals surface area contributed by atoms with E-state index >= 15 is 0 Å². The van der Waals surface area contributed by atoms with Gasteiger partial charge in [0.15, 0.2) is 11.1 Å². The molecule has 0 aliphatic carbocycles. The zero-order chi connectivity index (χ0) is 57.6. The molecule has 2 amide bonds. The van der Waals surface area contributed by atoms with Gasteiger partial charge in [-0.2, -0.15) is 0 Å². The van der Waals surface area contributed by atoms with Crippen molar-refractivity contribution in [3.8, 4) is 17.2 Å². The van der Waals surface area contributed by atoms with Gasteiger partial charge in [-0.25, -0.2) is 33.8 Å². The number of β-amino-alcohol motifs (C(OH)–C–C–N with tert-alkyl or cyclic N) is 1. The van der Waals surface area contributed by atoms with E-state index in [1.807, 2.05) is 60.7 Å². The molecule has 8 rings (SSSR count). The average molecular weight is 1090 g/mol. The number of aliphatic hydroxyl groups excluding tert-OH is 1. The van der Waals surface area contributed by atoms with Gasteiger partial charge in [0.2, 0.25) is 0 Å². The van der Waals surface area contributed by atoms with E-state index < -0.39 is 71.6 Å². The lowest BCUT2D eigenvalue weighted by Gasteiger charge is -2.27. The van der Waals surface area contributed by atoms with Crippen molar-refractivity contribution in [1.29, 1.82) is 0 Å². The molecule has 2 aliphatic rings. The normalized spacial score (nSPS) is 16.7. The van der Waals surface area contributed by atoms with Gasteiger partial charge >= 0.3 is 36.1 Å². The Morgan fingerprint density at radius 3 is 1.65 bits per heavy atom. The molecule has 21 nitrogen and oxygen atoms in total. The first-order valence-corrected chi connectivity index (χ1v) is 25.1. The summed E-state index contributed by atoms with van der Waals surface area (Å²) in [7, 11) is 5.59. The number of amides is 2. The SMILES string of the molecule is CC(C)(C)OC(=O)N1C[C@@H](O)C[C@H]1C(=O)OCc1ccccc1.COC(=O)c1cc(=O)c2ccc(OC)cc2[nH]1.COC(=O)c1cc(O[C@@H]2C[C@@H](C(=O)OCc3ccccc3)N(C(=O)OC(C)(C)C)C2)c2ccc(OC)cc2n1. The van der Waals surface area contributed by atoms with Gasteiger partial charge in [-0.05, 0) is 76.9 Å². The Morgan fingerprint density at radius 2 is 1.13 bits per heavy atom. The number of aromatic amines is 1. The zero-order valence-electron chi connectivity index (χ0n) is 45.8. The van der Waals surface area contributed by atoms with Gasteiger partial charge in [-0.15, -0.1) is 0 Å². The number of hydrogen-bond donors (Lipinski definition) is 2. The summed E-state index contributed by atoms with van der Waals surface area (Å²) in [6.07, 6.45) is -2.28. The van der Waals surface area contributed by atoms with Gasteiger partial charge in [-0.1, -0.05) is 60.7 Å². The number of H-pyrrole nitrogens is 1. The lowest BCUT2D eigenvalue weighted by atomic mass is 10.1. The first kappa shape index (κ1) is 59.5. The highest BCUT2D eigenvalue weighted by Crippen LogP contribution is 2.33. The van der Waals surface area contributed by atoms with Crippen LogP contribution in [0.5, 0.6) is 17.2 Å². The third-order valence-corrected chi connectivity index (χ3v) is 11.9. The number of fused-ring (bicyclic) bond motifs is 2. The minimum Gasteiger partial charge on any atom is -0.497 e. The maximum absolute atomic E-state index is 13.2. The topological polar surface area (TPSA) is 258 Å². The van der Waals surface area contributed by atoms with Crippen molar-refractivity contribution in [3.63, 3.8) is 0 Å². The quantitative estimate of drug-likeness (QED) is 0.0870. The molecule has 2 fully saturated rings. The molecule has 0 bridgehead atoms. The van der Waals surface area contributed by atoms with E-state index in [0.29, 0.717) is 39.1 Å². The maximum atomic E-state index is 13.2. The van der Waals surface area contributed by atoms with Crippen molar-refractivity contribution in [2.75, 3.05) is 41.5 Å². The number of ether oxygens (including phenoxy) is 9. The highest BCUT2D eigenvalue weighted by molar-refractivity contribution is 5.95. The summed E-state index contributed by atoms with van der Waals surface area (Å²) in [4.78, 5) is 95.8. The van der Waals surface area contributed by atoms with Crippen LogP contribution in [-0.4, -0.2) is 138 Å². The molecule has 0 unspecified atom stereocenters. The van der Waals surface area contributed by atoms with Crippen LogP contribution in [-0.2, 0) is 51.2 Å². The molecule has 2 saturated heterocycles. The molecule has 4 atom stereocenters. The largest absolute Gasteiger partial charge is 0.497 e. The number of carbonyl (C=O) groups is 6. The van der Waals surface area contributed by atoms with Crippen LogP contribution in [0.4, 0.5) is 9.59 Å². The maximum Gasteiger partial charge on any atom is 0.411 e. The number of methoxy groups -OCH3 is 4. The Labute approximate surface area is 456 Å². The van der Waals surface area contributed by atoms with Crippen molar-refractivity contribution in [3.05, 3.63) is 142 Å². The second-order valence-corrected chi connectivity index (χ2v) is 20.2. The molecule has 4 heterocycles. The molecule has 0 saturated carbocycles. The number of benzene rings is 4. The number of pyridine rings is 2. The minimum absolute atomic E-state index is 0.0501. The molecule has 0 spiro atoms. The van der Waals surface area contributed by atoms with Crippen LogP contribution >= 0.6 is 0 Å². The number of esters is 4. The number of aromatic nitrogens is 2. The van der Waals surface area contributed by atoms with Crippen LogP contribution in [0.3, 0.4) is 0 Å². The summed E-state index contributed by atoms with van der Waals surface area (Å²) in [5.41, 5.74) is 1.21. The van der Waals surface area contributed by atoms with E-state index in [9.17, 15) is 38.7 Å². The number of carbonyl (C=O) groups excluding carboxylic acids is 6. The van der Waals surface area contributed by atoms with Crippen LogP contribution in [0.15, 0.2) is 114 Å². The van der Waals surface area contributed by atoms with Crippen molar-refractivity contribution in [1.82, 2.24) is 19.8 Å². The van der Waals surface area contributed by atoms with Gasteiger partial charge in [0, 0.05) is 47.9 Å². The highest BCUT2D eigenvalue weighted by Gasteiger charge is 2.44. The van der Waals surface area contributed by atoms with E-state index in [2.05, 4.69) is 14.7 Å². The van der Waals surface area contributed by atoms with E-state index in [0.717, 1.165) is 11.1 Å². The van der Waals surface area contributed by atoms with Crippen LogP contribution in [0.1, 0.15) is 86.5 Å². The fourth-order valence-electron chi connectivity index (χ4n) is 8.21. The third-order valence-electron chi connectivity index (χ3n) is 11.9. The fraction of sp³-hybridized carbons (Fsp3) is 0.379. The van der Waals surface area contributed by atoms with Gasteiger partial charge in [0.1, 0.15) is 65.5 Å². The summed E-state index contributed by atoms with van der Waals surface area (Å²) in [6, 6.07) is 29.7. The second-order valence-electron chi connectivity index (χ2n) is 20.2. The standard InChI is InChI=1S/C29H32N2O8.C17H23NO5.C12H11NO4/c1-29(2,3)39-28(34)31-16-20(14-24(31)27(33)37-17-18-9-7-6-8-10-18)38-25-15-23(26(32)36-5)30-22-13-19(35-4)11-12-21(22)25;1-17(2,3)23-16(21)18-10-13(19)9-14(18)15(20)22-11-12-7-5-4-6-8-12;1-16-7-3-4-8-9(5-7)13-10(6-11(8)14)12(15)17-2/h6-13,15,20,24H,14,16-17H2,1-5H3;4-8,13-14,19H,9-11H2,1-3H3;3-6H,1-2H3,(H,13,14)/t20-,24+;13-,14-;/m10./s1. The van der Waals surface area contributed by atoms with E-state index in [1.54, 1.807) is 77.9 Å². The third kappa shape index (κ3) is 16.6. The minimum atomic E-state index is -0.915. The molecule has 420 valence electrons. The molecular formula is C58H66N4O17. The average Bonchev–Trinajstić information content (AvgIpc) is 4.13. The number of nitrogens with one attached hydrogen (secondary N) is 1. The molecule has 6 aromatic rings. The number of aliphatic hydroxyl groups is 1. The number of likely N-dealkylation sites (tertiary alicyclic amines) is 2. The number of nitrogens with zero attached hydrogens (tertiary/aromatic N) is 3. The molecular weight excluding hydrogens is 1020 g/mol. The summed E-state index contributed by atoms with van der Waals surface area (Å²) in [5, 5.41) is 10.9. The van der Waals surface area contributed by atoms with Gasteiger partial charge < -0.3 is 52.7 Å². The van der Waals surface area contributed by atoms with Gasteiger partial charge in [-0.3, -0.25) is 14.6 Å². The number of rotatable bonds is 12. The first-order valence-electron chi connectivity index (χ1n) is 25.1. The molecule has 2 aromatic heterocycles. The smallest absolute Gasteiger partial charge is 0.411 e. The Morgan fingerprint density at radius 1 is 0.620 bits per heavy atom. The lowest BCUT2D eigenvalue weighted by Crippen LogP contribution is -2.44. The lowest BCUT2D eigenvalue weighted by molar-refractivity contribution is -0.150. The Hall–Kier alpha value is -8.72. The predicted molar refractivity (Wildman–Crippen MR) is 288 cm³/mol. The number of hydrogen-bond acceptors (Lipinski definition) is 18. The Kier molecular flexibility index (Phi) is 20.0. The van der Waals surface area contributed by atoms with Crippen LogP contribution in [0, 0.1) is 0 Å². The highest BCUT2D eigenvalue weighted by atomic mass is 16.6. The summed E-state index contributed by atoms with van der Waals surface area (Å²) >= 11 is 0. The van der Waals surface area contributed by atoms with Crippen molar-refractivity contribution >= 4 is 57.9 Å². The molecule has 79 heavy (non-hydrogen) atoms. The van der Waals surface area contributed by atoms with Crippen LogP contribution < -0.4 is 19.6 Å². The summed E-state index contributed by atoms with van der Waals surface area (Å²) < 4.78 is 47.7. The molecule has 2 N–H and O–H groups in total. The predicted octanol–water partition coefficient (Wildman–Crippen LogP) is 7.95. The molecule has 4 aromatic carbocycles. The van der Waals surface area contributed by atoms with E-state index in [-0.39, 0.29) is 56.0 Å². The van der Waals surface area contributed by atoms with Crippen molar-refractivity contribution in [2.45, 2.75) is 103 Å². The first-order chi connectivity index (χ1) is 37.5. The van der Waals surface area contributed by atoms with Crippen LogP contribution in [0.25, 0.3) is 21.8 Å². The van der Waals surface area contributed by atoms with E-state index in [4.69, 9.17) is 37.9 Å². The van der Waals surface area contributed by atoms with Crippen molar-refractivity contribution < 1.29 is 76.5 Å². The van der Waals surface area contributed by atoms with Crippen molar-refractivity contribution in [2.24, 2.45) is 0 Å². The fourth-order valence-corrected chi connectivity index (χ4v) is 8.21. The molecule has 0 radical (unpaired) electrons. The van der Waals surface area contributed by atoms with E-state index in [1.165, 1.54) is 50.4 Å². The van der Waals surface area contributed by atoms with Gasteiger partial charge in [0.25, 0.3) is 0 Å². The Bertz CT molecular complexity index is 3170.